The Morgan fingerprint density at radius 1 is 1.78 bits per heavy atom. The lowest BCUT2D eigenvalue weighted by Crippen LogP contribution is -2.34. The van der Waals surface area contributed by atoms with Crippen molar-refractivity contribution in [2.24, 2.45) is 11.1 Å². The summed E-state index contributed by atoms with van der Waals surface area (Å²) in [5, 5.41) is 8.55. The van der Waals surface area contributed by atoms with E-state index in [4.69, 9.17) is 10.8 Å². The van der Waals surface area contributed by atoms with E-state index in [2.05, 4.69) is 0 Å². The highest BCUT2D eigenvalue weighted by Gasteiger charge is 2.28. The van der Waals surface area contributed by atoms with Crippen molar-refractivity contribution in [1.82, 2.24) is 0 Å². The first-order chi connectivity index (χ1) is 4.06. The highest BCUT2D eigenvalue weighted by atomic mass is 16.4. The molecule has 0 saturated heterocycles. The zero-order valence-corrected chi connectivity index (χ0v) is 5.85. The van der Waals surface area contributed by atoms with Crippen LogP contribution in [0.1, 0.15) is 20.3 Å². The zero-order chi connectivity index (χ0) is 7.49. The second-order valence-electron chi connectivity index (χ2n) is 2.42. The average molecular weight is 131 g/mol. The quantitative estimate of drug-likeness (QED) is 0.584. The molecule has 1 atom stereocenters. The Labute approximate surface area is 54.9 Å². The van der Waals surface area contributed by atoms with Gasteiger partial charge in [0.05, 0.1) is 5.41 Å². The molecular weight excluding hydrogens is 118 g/mol. The lowest BCUT2D eigenvalue weighted by Gasteiger charge is -2.19. The molecule has 0 aromatic heterocycles. The van der Waals surface area contributed by atoms with E-state index in [0.29, 0.717) is 6.42 Å². The summed E-state index contributed by atoms with van der Waals surface area (Å²) in [6.07, 6.45) is 0.582. The number of hydrogen-bond acceptors (Lipinski definition) is 2. The smallest absolute Gasteiger partial charge is 0.310 e. The number of rotatable bonds is 3. The van der Waals surface area contributed by atoms with Crippen LogP contribution >= 0.6 is 0 Å². The highest BCUT2D eigenvalue weighted by molar-refractivity contribution is 5.74. The van der Waals surface area contributed by atoms with Gasteiger partial charge in [0.1, 0.15) is 0 Å². The topological polar surface area (TPSA) is 63.3 Å². The summed E-state index contributed by atoms with van der Waals surface area (Å²) in [5.41, 5.74) is 4.52. The molecule has 0 aromatic carbocycles. The fraction of sp³-hybridized carbons (Fsp3) is 0.833. The van der Waals surface area contributed by atoms with E-state index in [-0.39, 0.29) is 6.54 Å². The number of carboxylic acids is 1. The first-order valence-corrected chi connectivity index (χ1v) is 3.00. The molecular formula is C6H13NO2. The van der Waals surface area contributed by atoms with Gasteiger partial charge in [-0.1, -0.05) is 6.92 Å². The molecule has 54 valence electrons. The molecule has 0 rings (SSSR count). The largest absolute Gasteiger partial charge is 0.481 e. The Bertz CT molecular complexity index is 108. The van der Waals surface area contributed by atoms with Crippen molar-refractivity contribution in [1.29, 1.82) is 0 Å². The van der Waals surface area contributed by atoms with Gasteiger partial charge in [0.15, 0.2) is 0 Å². The summed E-state index contributed by atoms with van der Waals surface area (Å²) in [6, 6.07) is 0. The van der Waals surface area contributed by atoms with Crippen molar-refractivity contribution in [3.8, 4) is 0 Å². The molecule has 3 heteroatoms. The Morgan fingerprint density at radius 2 is 2.22 bits per heavy atom. The number of carbonyl (C=O) groups is 1. The van der Waals surface area contributed by atoms with Crippen LogP contribution < -0.4 is 5.73 Å². The number of aliphatic carboxylic acids is 1. The molecule has 0 saturated carbocycles. The lowest BCUT2D eigenvalue weighted by atomic mass is 9.88. The summed E-state index contributed by atoms with van der Waals surface area (Å²) in [6.45, 7) is 3.68. The minimum absolute atomic E-state index is 0.207. The molecule has 0 fully saturated rings. The van der Waals surface area contributed by atoms with Crippen molar-refractivity contribution < 1.29 is 9.90 Å². The van der Waals surface area contributed by atoms with Crippen LogP contribution in [0.25, 0.3) is 0 Å². The summed E-state index contributed by atoms with van der Waals surface area (Å²) < 4.78 is 0. The Hall–Kier alpha value is -0.570. The van der Waals surface area contributed by atoms with Crippen LogP contribution in [0.4, 0.5) is 0 Å². The van der Waals surface area contributed by atoms with Gasteiger partial charge in [-0.15, -0.1) is 0 Å². The molecule has 0 aliphatic rings. The maximum absolute atomic E-state index is 10.4. The van der Waals surface area contributed by atoms with Gasteiger partial charge < -0.3 is 10.8 Å². The molecule has 3 N–H and O–H groups in total. The minimum atomic E-state index is -0.812. The number of hydrogen-bond donors (Lipinski definition) is 2. The normalized spacial score (nSPS) is 16.8. The van der Waals surface area contributed by atoms with E-state index in [1.54, 1.807) is 6.92 Å². The fourth-order valence-corrected chi connectivity index (χ4v) is 0.383. The van der Waals surface area contributed by atoms with Crippen LogP contribution in [-0.2, 0) is 4.79 Å². The van der Waals surface area contributed by atoms with Crippen LogP contribution in [0, 0.1) is 5.41 Å². The summed E-state index contributed by atoms with van der Waals surface area (Å²) in [7, 11) is 0. The predicted octanol–water partition coefficient (Wildman–Crippen LogP) is 0.446. The second kappa shape index (κ2) is 2.82. The van der Waals surface area contributed by atoms with E-state index >= 15 is 0 Å². The van der Waals surface area contributed by atoms with Crippen LogP contribution in [0.3, 0.4) is 0 Å². The molecule has 9 heavy (non-hydrogen) atoms. The Morgan fingerprint density at radius 3 is 2.22 bits per heavy atom. The van der Waals surface area contributed by atoms with Crippen LogP contribution in [0.2, 0.25) is 0 Å². The molecule has 0 amide bonds. The molecule has 0 radical (unpaired) electrons. The van der Waals surface area contributed by atoms with Gasteiger partial charge in [-0.25, -0.2) is 0 Å². The van der Waals surface area contributed by atoms with E-state index in [1.807, 2.05) is 6.92 Å². The molecule has 0 heterocycles. The zero-order valence-electron chi connectivity index (χ0n) is 5.85. The molecule has 0 aliphatic heterocycles. The van der Waals surface area contributed by atoms with Crippen LogP contribution in [0.5, 0.6) is 0 Å². The van der Waals surface area contributed by atoms with Gasteiger partial charge in [0.2, 0.25) is 0 Å². The van der Waals surface area contributed by atoms with Crippen molar-refractivity contribution in [3.05, 3.63) is 0 Å². The van der Waals surface area contributed by atoms with Crippen molar-refractivity contribution in [3.63, 3.8) is 0 Å². The van der Waals surface area contributed by atoms with E-state index in [9.17, 15) is 4.79 Å². The van der Waals surface area contributed by atoms with Gasteiger partial charge in [0.25, 0.3) is 0 Å². The van der Waals surface area contributed by atoms with Crippen LogP contribution in [-0.4, -0.2) is 17.6 Å². The third-order valence-electron chi connectivity index (χ3n) is 1.75. The van der Waals surface area contributed by atoms with E-state index in [1.165, 1.54) is 0 Å². The van der Waals surface area contributed by atoms with Crippen molar-refractivity contribution in [2.45, 2.75) is 20.3 Å². The van der Waals surface area contributed by atoms with Crippen LogP contribution in [0.15, 0.2) is 0 Å². The van der Waals surface area contributed by atoms with Crippen molar-refractivity contribution in [2.75, 3.05) is 6.54 Å². The minimum Gasteiger partial charge on any atom is -0.481 e. The van der Waals surface area contributed by atoms with Gasteiger partial charge >= 0.3 is 5.97 Å². The maximum Gasteiger partial charge on any atom is 0.310 e. The summed E-state index contributed by atoms with van der Waals surface area (Å²) in [5.74, 6) is -0.812. The molecule has 0 spiro atoms. The molecule has 0 aliphatic carbocycles. The fourth-order valence-electron chi connectivity index (χ4n) is 0.383. The lowest BCUT2D eigenvalue weighted by molar-refractivity contribution is -0.147. The maximum atomic E-state index is 10.4. The first kappa shape index (κ1) is 8.43. The standard InChI is InChI=1S/C6H13NO2/c1-3-6(2,4-7)5(8)9/h3-4,7H2,1-2H3,(H,8,9)/t6-/m1/s1. The van der Waals surface area contributed by atoms with E-state index in [0.717, 1.165) is 0 Å². The second-order valence-corrected chi connectivity index (χ2v) is 2.42. The average Bonchev–Trinajstić information content (AvgIpc) is 1.86. The Kier molecular flexibility index (Phi) is 2.65. The van der Waals surface area contributed by atoms with Crippen molar-refractivity contribution >= 4 is 5.97 Å². The monoisotopic (exact) mass is 131 g/mol. The molecule has 3 nitrogen and oxygen atoms in total. The number of nitrogens with two attached hydrogens (primary N) is 1. The van der Waals surface area contributed by atoms with Gasteiger partial charge in [-0.05, 0) is 13.3 Å². The molecule has 0 bridgehead atoms. The first-order valence-electron chi connectivity index (χ1n) is 3.00. The summed E-state index contributed by atoms with van der Waals surface area (Å²) >= 11 is 0. The SMILES string of the molecule is CC[C@](C)(CN)C(=O)O. The number of carboxylic acid groups (broad SMARTS) is 1. The molecule has 0 unspecified atom stereocenters. The highest BCUT2D eigenvalue weighted by Crippen LogP contribution is 2.18. The predicted molar refractivity (Wildman–Crippen MR) is 35.1 cm³/mol. The summed E-state index contributed by atoms with van der Waals surface area (Å²) in [4.78, 5) is 10.4. The Balaban J connectivity index is 4.09. The molecule has 0 aromatic rings. The third-order valence-corrected chi connectivity index (χ3v) is 1.75. The van der Waals surface area contributed by atoms with E-state index < -0.39 is 11.4 Å². The van der Waals surface area contributed by atoms with Gasteiger partial charge in [-0.3, -0.25) is 4.79 Å². The third kappa shape index (κ3) is 1.68. The van der Waals surface area contributed by atoms with Gasteiger partial charge in [-0.2, -0.15) is 0 Å². The van der Waals surface area contributed by atoms with Gasteiger partial charge in [0, 0.05) is 6.54 Å².